The van der Waals surface area contributed by atoms with Gasteiger partial charge in [-0.3, -0.25) is 9.32 Å². The molecule has 4 atom stereocenters. The molecule has 4 N–H and O–H groups in total. The Labute approximate surface area is 244 Å². The van der Waals surface area contributed by atoms with Gasteiger partial charge >= 0.3 is 13.7 Å². The van der Waals surface area contributed by atoms with Crippen LogP contribution in [-0.2, 0) is 20.3 Å². The maximum Gasteiger partial charge on any atom is 0.459 e. The number of nitrogens with one attached hydrogen (secondary N) is 1. The number of carboxylic acid groups (broad SMARTS) is 1. The van der Waals surface area contributed by atoms with Crippen molar-refractivity contribution in [1.82, 2.24) is 24.6 Å². The van der Waals surface area contributed by atoms with Crippen molar-refractivity contribution in [2.24, 2.45) is 5.92 Å². The number of halogens is 1. The van der Waals surface area contributed by atoms with E-state index in [-0.39, 0.29) is 42.6 Å². The molecule has 0 saturated heterocycles. The van der Waals surface area contributed by atoms with Gasteiger partial charge in [-0.1, -0.05) is 58.4 Å². The topological polar surface area (TPSA) is 164 Å². The number of imidazole rings is 1. The maximum absolute atomic E-state index is 14.0. The van der Waals surface area contributed by atoms with Crippen LogP contribution in [0.4, 0.5) is 5.95 Å². The summed E-state index contributed by atoms with van der Waals surface area (Å²) in [4.78, 5) is 24.9. The molecular weight excluding hydrogens is 615 g/mol. The normalized spacial score (nSPS) is 18.7. The second kappa shape index (κ2) is 12.4. The number of hydrogen-bond acceptors (Lipinski definition) is 9. The Bertz CT molecular complexity index is 1600. The number of anilines is 1. The predicted octanol–water partition coefficient (Wildman–Crippen LogP) is 4.79. The van der Waals surface area contributed by atoms with Crippen molar-refractivity contribution in [2.75, 3.05) is 19.5 Å². The summed E-state index contributed by atoms with van der Waals surface area (Å²) >= 11 is 3.36. The van der Waals surface area contributed by atoms with Crippen LogP contribution in [0.3, 0.4) is 0 Å². The summed E-state index contributed by atoms with van der Waals surface area (Å²) in [6.45, 7) is 0.0125. The van der Waals surface area contributed by atoms with Gasteiger partial charge in [0, 0.05) is 10.4 Å². The number of fused-ring (bicyclic) bond motifs is 1. The van der Waals surface area contributed by atoms with Crippen molar-refractivity contribution in [1.29, 1.82) is 0 Å². The Kier molecular flexibility index (Phi) is 8.69. The lowest BCUT2D eigenvalue weighted by Crippen LogP contribution is -2.38. The minimum Gasteiger partial charge on any atom is -0.480 e. The first-order valence-corrected chi connectivity index (χ1v) is 15.0. The van der Waals surface area contributed by atoms with E-state index in [0.29, 0.717) is 17.6 Å². The van der Waals surface area contributed by atoms with Gasteiger partial charge in [0.05, 0.1) is 26.1 Å². The molecule has 0 fully saturated rings. The number of nitrogen functional groups attached to an aromatic ring is 1. The highest BCUT2D eigenvalue weighted by atomic mass is 79.9. The zero-order valence-electron chi connectivity index (χ0n) is 22.0. The summed E-state index contributed by atoms with van der Waals surface area (Å²) in [5.41, 5.74) is 7.63. The highest BCUT2D eigenvalue weighted by Gasteiger charge is 2.35. The maximum atomic E-state index is 14.0. The second-order valence-corrected chi connectivity index (χ2v) is 12.0. The van der Waals surface area contributed by atoms with Crippen LogP contribution in [0.25, 0.3) is 11.2 Å². The van der Waals surface area contributed by atoms with Gasteiger partial charge in [-0.15, -0.1) is 0 Å². The van der Waals surface area contributed by atoms with E-state index in [2.05, 4.69) is 36.0 Å². The first-order valence-electron chi connectivity index (χ1n) is 12.7. The molecular formula is C27H28BrN6O6P. The number of rotatable bonds is 12. The quantitative estimate of drug-likeness (QED) is 0.144. The van der Waals surface area contributed by atoms with Gasteiger partial charge < -0.3 is 24.7 Å². The minimum absolute atomic E-state index is 0.0125. The van der Waals surface area contributed by atoms with E-state index in [4.69, 9.17) is 19.5 Å². The van der Waals surface area contributed by atoms with Crippen molar-refractivity contribution in [2.45, 2.75) is 24.9 Å². The van der Waals surface area contributed by atoms with Gasteiger partial charge in [0.15, 0.2) is 11.2 Å². The number of nitrogens with two attached hydrogens (primary N) is 1. The second-order valence-electron chi connectivity index (χ2n) is 9.41. The molecule has 214 valence electrons. The van der Waals surface area contributed by atoms with Gasteiger partial charge in [0.1, 0.15) is 11.8 Å². The standard InChI is InChI=1S/C27H28BrN6O6P/c1-38-25-23-24(31-27(29)32-25)34(16-30-23)20-10-7-18(13-20)15-39-41(37,40-21-11-8-19(28)9-12-21)33-22(26(35)36)14-17-5-3-2-4-6-17/h2-12,16,18,20,22H,13-15H2,1H3,(H,33,37)(H,35,36)(H2,29,31,32)/t18-,20+,22?,41?/m1/s1. The monoisotopic (exact) mass is 642 g/mol. The Balaban J connectivity index is 1.32. The first kappa shape index (κ1) is 28.7. The van der Waals surface area contributed by atoms with Gasteiger partial charge in [-0.05, 0) is 42.7 Å². The number of carbonyl (C=O) groups is 1. The largest absolute Gasteiger partial charge is 0.480 e. The average molecular weight is 643 g/mol. The van der Waals surface area contributed by atoms with Crippen molar-refractivity contribution in [3.8, 4) is 11.6 Å². The predicted molar refractivity (Wildman–Crippen MR) is 156 cm³/mol. The van der Waals surface area contributed by atoms with Crippen molar-refractivity contribution < 1.29 is 28.3 Å². The molecule has 1 aliphatic carbocycles. The fraction of sp³-hybridized carbons (Fsp3) is 0.259. The molecule has 0 amide bonds. The van der Waals surface area contributed by atoms with E-state index in [1.807, 2.05) is 34.9 Å². The number of methoxy groups -OCH3 is 1. The fourth-order valence-electron chi connectivity index (χ4n) is 4.52. The third-order valence-corrected chi connectivity index (χ3v) is 8.60. The molecule has 0 radical (unpaired) electrons. The summed E-state index contributed by atoms with van der Waals surface area (Å²) in [6, 6.07) is 14.4. The van der Waals surface area contributed by atoms with E-state index in [0.717, 1.165) is 10.0 Å². The number of aliphatic carboxylic acids is 1. The molecule has 2 unspecified atom stereocenters. The highest BCUT2D eigenvalue weighted by molar-refractivity contribution is 9.10. The van der Waals surface area contributed by atoms with Crippen LogP contribution in [0.15, 0.2) is 77.5 Å². The van der Waals surface area contributed by atoms with Gasteiger partial charge in [0.2, 0.25) is 11.8 Å². The number of ether oxygens (including phenoxy) is 1. The van der Waals surface area contributed by atoms with Crippen LogP contribution in [0, 0.1) is 5.92 Å². The molecule has 12 nitrogen and oxygen atoms in total. The molecule has 2 aromatic heterocycles. The van der Waals surface area contributed by atoms with Gasteiger partial charge in [-0.25, -0.2) is 9.55 Å². The van der Waals surface area contributed by atoms with Crippen LogP contribution in [0.1, 0.15) is 18.0 Å². The number of nitrogens with zero attached hydrogens (tertiary/aromatic N) is 4. The molecule has 0 bridgehead atoms. The van der Waals surface area contributed by atoms with E-state index >= 15 is 0 Å². The summed E-state index contributed by atoms with van der Waals surface area (Å²) in [5, 5.41) is 12.6. The summed E-state index contributed by atoms with van der Waals surface area (Å²) in [5.74, 6) is -0.711. The number of allylic oxidation sites excluding steroid dienone is 1. The molecule has 5 rings (SSSR count). The average Bonchev–Trinajstić information content (AvgIpc) is 3.60. The number of carboxylic acids is 1. The molecule has 41 heavy (non-hydrogen) atoms. The molecule has 14 heteroatoms. The third-order valence-electron chi connectivity index (χ3n) is 6.50. The number of benzene rings is 2. The molecule has 2 aromatic carbocycles. The summed E-state index contributed by atoms with van der Waals surface area (Å²) in [7, 11) is -2.66. The lowest BCUT2D eigenvalue weighted by molar-refractivity contribution is -0.139. The molecule has 0 spiro atoms. The van der Waals surface area contributed by atoms with E-state index in [9.17, 15) is 14.5 Å². The zero-order chi connectivity index (χ0) is 29.0. The van der Waals surface area contributed by atoms with Gasteiger partial charge in [0.25, 0.3) is 0 Å². The Hall–Kier alpha value is -3.77. The van der Waals surface area contributed by atoms with Crippen molar-refractivity contribution in [3.63, 3.8) is 0 Å². The Morgan fingerprint density at radius 3 is 2.66 bits per heavy atom. The van der Waals surface area contributed by atoms with E-state index < -0.39 is 19.8 Å². The van der Waals surface area contributed by atoms with Crippen LogP contribution in [0.2, 0.25) is 0 Å². The Morgan fingerprint density at radius 2 is 1.95 bits per heavy atom. The lowest BCUT2D eigenvalue weighted by Gasteiger charge is -2.25. The van der Waals surface area contributed by atoms with Crippen molar-refractivity contribution >= 4 is 46.8 Å². The van der Waals surface area contributed by atoms with Crippen LogP contribution in [0.5, 0.6) is 11.6 Å². The minimum atomic E-state index is -4.14. The van der Waals surface area contributed by atoms with E-state index in [1.54, 1.807) is 42.7 Å². The SMILES string of the molecule is COc1nc(N)nc2c1ncn2[C@H]1C=C[C@@H](COP(=O)(NC(Cc2ccccc2)C(=O)O)Oc2ccc(Br)cc2)C1. The third kappa shape index (κ3) is 6.94. The van der Waals surface area contributed by atoms with Gasteiger partial charge in [-0.2, -0.15) is 15.1 Å². The molecule has 0 saturated carbocycles. The van der Waals surface area contributed by atoms with E-state index in [1.165, 1.54) is 7.11 Å². The number of hydrogen-bond donors (Lipinski definition) is 3. The van der Waals surface area contributed by atoms with Crippen LogP contribution >= 0.6 is 23.7 Å². The summed E-state index contributed by atoms with van der Waals surface area (Å²) in [6.07, 6.45) is 6.23. The lowest BCUT2D eigenvalue weighted by atomic mass is 10.1. The van der Waals surface area contributed by atoms with Crippen molar-refractivity contribution in [3.05, 3.63) is 83.1 Å². The zero-order valence-corrected chi connectivity index (χ0v) is 24.4. The Morgan fingerprint density at radius 1 is 1.20 bits per heavy atom. The molecule has 1 aliphatic rings. The van der Waals surface area contributed by atoms with Crippen LogP contribution in [-0.4, -0.2) is 50.4 Å². The number of aromatic nitrogens is 4. The fourth-order valence-corrected chi connectivity index (χ4v) is 6.34. The summed E-state index contributed by atoms with van der Waals surface area (Å²) < 4.78 is 33.6. The molecule has 2 heterocycles. The smallest absolute Gasteiger partial charge is 0.459 e. The van der Waals surface area contributed by atoms with Crippen LogP contribution < -0.4 is 20.1 Å². The molecule has 0 aliphatic heterocycles. The highest BCUT2D eigenvalue weighted by Crippen LogP contribution is 2.46. The molecule has 4 aromatic rings. The first-order chi connectivity index (χ1) is 19.7.